The summed E-state index contributed by atoms with van der Waals surface area (Å²) in [6.07, 6.45) is 7.67. The fraction of sp³-hybridized carbons (Fsp3) is 0.250. The van der Waals surface area contributed by atoms with E-state index in [4.69, 9.17) is 44.9 Å². The van der Waals surface area contributed by atoms with Crippen molar-refractivity contribution in [3.8, 4) is 79.7 Å². The van der Waals surface area contributed by atoms with Crippen molar-refractivity contribution >= 4 is 0 Å². The molecular weight excluding hydrogens is 751 g/mol. The van der Waals surface area contributed by atoms with Gasteiger partial charge >= 0.3 is 0 Å². The van der Waals surface area contributed by atoms with Crippen LogP contribution < -0.4 is 0 Å². The van der Waals surface area contributed by atoms with Crippen molar-refractivity contribution in [1.29, 1.82) is 0 Å². The summed E-state index contributed by atoms with van der Waals surface area (Å²) in [4.78, 5) is 45.5. The normalized spacial score (nSPS) is 20.3. The van der Waals surface area contributed by atoms with Crippen molar-refractivity contribution in [2.75, 3.05) is 0 Å². The summed E-state index contributed by atoms with van der Waals surface area (Å²) in [7, 11) is 0. The maximum absolute atomic E-state index is 5.32. The lowest BCUT2D eigenvalue weighted by atomic mass is 9.49. The highest BCUT2D eigenvalue weighted by atomic mass is 15.1. The van der Waals surface area contributed by atoms with Gasteiger partial charge in [-0.3, -0.25) is 0 Å². The molecule has 9 heteroatoms. The molecule has 0 atom stereocenters. The van der Waals surface area contributed by atoms with Crippen molar-refractivity contribution in [2.24, 2.45) is 17.8 Å². The van der Waals surface area contributed by atoms with Crippen LogP contribution >= 0.6 is 0 Å². The first kappa shape index (κ1) is 37.2. The Morgan fingerprint density at radius 1 is 0.361 bits per heavy atom. The number of hydrogen-bond acceptors (Lipinski definition) is 9. The molecule has 3 aromatic heterocycles. The van der Waals surface area contributed by atoms with Gasteiger partial charge in [0.05, 0.1) is 0 Å². The number of benzene rings is 5. The molecule has 4 fully saturated rings. The van der Waals surface area contributed by atoms with Gasteiger partial charge in [0.25, 0.3) is 0 Å². The van der Waals surface area contributed by atoms with E-state index >= 15 is 0 Å². The quantitative estimate of drug-likeness (QED) is 0.141. The highest BCUT2D eigenvalue weighted by Gasteiger charge is 2.53. The first-order valence-corrected chi connectivity index (χ1v) is 21.6. The Morgan fingerprint density at radius 3 is 1.07 bits per heavy atom. The van der Waals surface area contributed by atoms with E-state index in [1.54, 1.807) is 0 Å². The van der Waals surface area contributed by atoms with Crippen LogP contribution in [0.2, 0.25) is 0 Å². The average Bonchev–Trinajstić information content (AvgIpc) is 3.31. The van der Waals surface area contributed by atoms with Crippen LogP contribution in [0.15, 0.2) is 140 Å². The van der Waals surface area contributed by atoms with Crippen LogP contribution in [0.1, 0.15) is 69.9 Å². The molecule has 3 heterocycles. The summed E-state index contributed by atoms with van der Waals surface area (Å²) >= 11 is 0. The minimum atomic E-state index is 0.0345. The second kappa shape index (κ2) is 15.3. The van der Waals surface area contributed by atoms with Crippen molar-refractivity contribution < 1.29 is 0 Å². The fourth-order valence-electron chi connectivity index (χ4n) is 10.3. The standard InChI is InChI=1S/C52H45N9/c1-32(2)43-53-44(36-13-6-3-7-14-36)56-49(54-43)41-19-12-20-42(28-41)50-57-45(37-15-8-4-9-16-37)55-46(58-50)39-21-23-40(24-22-39)48-59-47(38-17-10-5-11-18-38)60-51(61-48)52-29-33-25-34(30-52)27-35(26-33)31-52/h3-24,28,32-35H,25-27,29-31H2,1-2H3. The second-order valence-electron chi connectivity index (χ2n) is 17.6. The van der Waals surface area contributed by atoms with Crippen LogP contribution in [0.25, 0.3) is 79.7 Å². The first-order chi connectivity index (χ1) is 29.9. The Balaban J connectivity index is 0.976. The van der Waals surface area contributed by atoms with Crippen LogP contribution in [0.5, 0.6) is 0 Å². The predicted molar refractivity (Wildman–Crippen MR) is 239 cm³/mol. The Kier molecular flexibility index (Phi) is 9.32. The molecule has 0 amide bonds. The Hall–Kier alpha value is -6.87. The van der Waals surface area contributed by atoms with Crippen molar-refractivity contribution in [3.05, 3.63) is 151 Å². The molecule has 0 N–H and O–H groups in total. The third-order valence-electron chi connectivity index (χ3n) is 12.8. The molecule has 0 saturated heterocycles. The van der Waals surface area contributed by atoms with Crippen molar-refractivity contribution in [2.45, 2.75) is 63.7 Å². The molecule has 0 aliphatic heterocycles. The largest absolute Gasteiger partial charge is 0.213 e. The lowest BCUT2D eigenvalue weighted by molar-refractivity contribution is -0.00938. The van der Waals surface area contributed by atoms with E-state index in [-0.39, 0.29) is 11.3 Å². The van der Waals surface area contributed by atoms with E-state index in [1.165, 1.54) is 38.5 Å². The van der Waals surface area contributed by atoms with Gasteiger partial charge in [-0.05, 0) is 62.3 Å². The Morgan fingerprint density at radius 2 is 0.672 bits per heavy atom. The molecule has 4 aliphatic rings. The number of aromatic nitrogens is 9. The number of rotatable bonds is 9. The summed E-state index contributed by atoms with van der Waals surface area (Å²) < 4.78 is 0. The highest BCUT2D eigenvalue weighted by Crippen LogP contribution is 2.60. The van der Waals surface area contributed by atoms with Gasteiger partial charge in [-0.25, -0.2) is 44.9 Å². The van der Waals surface area contributed by atoms with Crippen molar-refractivity contribution in [3.63, 3.8) is 0 Å². The smallest absolute Gasteiger partial charge is 0.164 e. The third-order valence-corrected chi connectivity index (χ3v) is 12.8. The van der Waals surface area contributed by atoms with Crippen LogP contribution in [0, 0.1) is 17.8 Å². The molecule has 298 valence electrons. The van der Waals surface area contributed by atoms with E-state index in [2.05, 4.69) is 68.4 Å². The van der Waals surface area contributed by atoms with Crippen LogP contribution in [0.3, 0.4) is 0 Å². The van der Waals surface area contributed by atoms with E-state index < -0.39 is 0 Å². The van der Waals surface area contributed by atoms with Gasteiger partial charge < -0.3 is 0 Å². The maximum atomic E-state index is 5.32. The zero-order valence-corrected chi connectivity index (χ0v) is 34.4. The molecule has 4 saturated carbocycles. The van der Waals surface area contributed by atoms with Crippen LogP contribution in [0.4, 0.5) is 0 Å². The van der Waals surface area contributed by atoms with Crippen LogP contribution in [-0.2, 0) is 5.41 Å². The molecule has 12 rings (SSSR count). The molecule has 61 heavy (non-hydrogen) atoms. The van der Waals surface area contributed by atoms with Gasteiger partial charge in [-0.1, -0.05) is 147 Å². The molecule has 0 unspecified atom stereocenters. The van der Waals surface area contributed by atoms with Gasteiger partial charge in [-0.2, -0.15) is 0 Å². The minimum absolute atomic E-state index is 0.0345. The van der Waals surface area contributed by atoms with Gasteiger partial charge in [-0.15, -0.1) is 0 Å². The monoisotopic (exact) mass is 795 g/mol. The highest BCUT2D eigenvalue weighted by molar-refractivity contribution is 5.72. The molecule has 9 nitrogen and oxygen atoms in total. The first-order valence-electron chi connectivity index (χ1n) is 21.6. The van der Waals surface area contributed by atoms with Gasteiger partial charge in [0.2, 0.25) is 0 Å². The topological polar surface area (TPSA) is 116 Å². The Bertz CT molecular complexity index is 2830. The minimum Gasteiger partial charge on any atom is -0.213 e. The van der Waals surface area contributed by atoms with E-state index in [0.29, 0.717) is 34.9 Å². The average molecular weight is 796 g/mol. The fourth-order valence-corrected chi connectivity index (χ4v) is 10.3. The van der Waals surface area contributed by atoms with Gasteiger partial charge in [0, 0.05) is 50.3 Å². The third kappa shape index (κ3) is 7.28. The van der Waals surface area contributed by atoms with Gasteiger partial charge in [0.15, 0.2) is 40.8 Å². The number of nitrogens with zero attached hydrogens (tertiary/aromatic N) is 9. The molecule has 0 radical (unpaired) electrons. The summed E-state index contributed by atoms with van der Waals surface area (Å²) in [6, 6.07) is 46.9. The molecule has 5 aromatic carbocycles. The van der Waals surface area contributed by atoms with E-state index in [9.17, 15) is 0 Å². The molecule has 4 aliphatic carbocycles. The maximum Gasteiger partial charge on any atom is 0.164 e. The Labute approximate surface area is 356 Å². The molecule has 0 spiro atoms. The summed E-state index contributed by atoms with van der Waals surface area (Å²) in [6.45, 7) is 4.20. The second-order valence-corrected chi connectivity index (χ2v) is 17.6. The molecule has 4 bridgehead atoms. The summed E-state index contributed by atoms with van der Waals surface area (Å²) in [5.74, 6) is 8.62. The zero-order valence-electron chi connectivity index (χ0n) is 34.4. The van der Waals surface area contributed by atoms with Gasteiger partial charge in [0.1, 0.15) is 11.6 Å². The summed E-state index contributed by atoms with van der Waals surface area (Å²) in [5.41, 5.74) is 6.38. The molecular formula is C52H45N9. The predicted octanol–water partition coefficient (Wildman–Crippen LogP) is 11.5. The van der Waals surface area contributed by atoms with Crippen LogP contribution in [-0.4, -0.2) is 44.9 Å². The number of hydrogen-bond donors (Lipinski definition) is 0. The van der Waals surface area contributed by atoms with E-state index in [1.807, 2.05) is 84.9 Å². The zero-order chi connectivity index (χ0) is 40.9. The lowest BCUT2D eigenvalue weighted by Gasteiger charge is -2.56. The lowest BCUT2D eigenvalue weighted by Crippen LogP contribution is -2.49. The molecule has 8 aromatic rings. The van der Waals surface area contributed by atoms with E-state index in [0.717, 1.165) is 74.2 Å². The summed E-state index contributed by atoms with van der Waals surface area (Å²) in [5, 5.41) is 0. The SMILES string of the molecule is CC(C)c1nc(-c2ccccc2)nc(-c2cccc(-c3nc(-c4ccccc4)nc(-c4ccc(-c5nc(-c6ccccc6)nc(C67CC8CC(CC(C8)C6)C7)n5)cc4)n3)c2)n1. The van der Waals surface area contributed by atoms with Crippen molar-refractivity contribution in [1.82, 2.24) is 44.9 Å².